The van der Waals surface area contributed by atoms with Crippen LogP contribution in [0.2, 0.25) is 0 Å². The monoisotopic (exact) mass is 246 g/mol. The number of ether oxygens (including phenoxy) is 1. The molecule has 0 aliphatic heterocycles. The molecule has 0 amide bonds. The summed E-state index contributed by atoms with van der Waals surface area (Å²) in [6, 6.07) is 9.09. The largest absolute Gasteiger partial charge is 0.361 e. The van der Waals surface area contributed by atoms with E-state index in [0.29, 0.717) is 12.8 Å². The lowest BCUT2D eigenvalue weighted by atomic mass is 10.1. The zero-order chi connectivity index (χ0) is 13.0. The van der Waals surface area contributed by atoms with Crippen LogP contribution in [-0.4, -0.2) is 17.2 Å². The second-order valence-corrected chi connectivity index (χ2v) is 4.80. The van der Waals surface area contributed by atoms with Gasteiger partial charge in [-0.1, -0.05) is 32.0 Å². The van der Waals surface area contributed by atoms with Crippen LogP contribution >= 0.6 is 0 Å². The van der Waals surface area contributed by atoms with E-state index in [1.807, 2.05) is 6.92 Å². The first-order chi connectivity index (χ1) is 8.72. The minimum absolute atomic E-state index is 0.496. The Labute approximate surface area is 109 Å². The van der Waals surface area contributed by atoms with Crippen molar-refractivity contribution in [3.8, 4) is 0 Å². The van der Waals surface area contributed by atoms with Crippen LogP contribution < -0.4 is 5.32 Å². The molecule has 0 saturated carbocycles. The number of nitrogens with one attached hydrogen (secondary N) is 1. The van der Waals surface area contributed by atoms with Gasteiger partial charge in [0.25, 0.3) is 0 Å². The van der Waals surface area contributed by atoms with Crippen molar-refractivity contribution in [3.05, 3.63) is 36.0 Å². The number of rotatable bonds is 6. The van der Waals surface area contributed by atoms with Crippen molar-refractivity contribution in [1.82, 2.24) is 9.88 Å². The van der Waals surface area contributed by atoms with E-state index < -0.39 is 0 Å². The van der Waals surface area contributed by atoms with Gasteiger partial charge in [-0.05, 0) is 23.9 Å². The highest BCUT2D eigenvalue weighted by molar-refractivity contribution is 5.83. The van der Waals surface area contributed by atoms with Crippen LogP contribution in [-0.2, 0) is 18.0 Å². The summed E-state index contributed by atoms with van der Waals surface area (Å²) in [6.45, 7) is 8.61. The first kappa shape index (κ1) is 13.1. The highest BCUT2D eigenvalue weighted by Gasteiger charge is 2.06. The number of hydrogen-bond donors (Lipinski definition) is 1. The third-order valence-electron chi connectivity index (χ3n) is 3.01. The van der Waals surface area contributed by atoms with Crippen LogP contribution in [0, 0.1) is 0 Å². The van der Waals surface area contributed by atoms with Crippen molar-refractivity contribution in [2.24, 2.45) is 0 Å². The third kappa shape index (κ3) is 2.92. The van der Waals surface area contributed by atoms with Gasteiger partial charge in [-0.25, -0.2) is 0 Å². The first-order valence-corrected chi connectivity index (χ1v) is 6.60. The molecule has 98 valence electrons. The van der Waals surface area contributed by atoms with Crippen molar-refractivity contribution in [1.29, 1.82) is 0 Å². The van der Waals surface area contributed by atoms with Gasteiger partial charge in [-0.15, -0.1) is 0 Å². The normalized spacial score (nSPS) is 11.6. The predicted octanol–water partition coefficient (Wildman–Crippen LogP) is 3.13. The molecule has 1 aromatic heterocycles. The molecular weight excluding hydrogens is 224 g/mol. The van der Waals surface area contributed by atoms with E-state index in [2.05, 4.69) is 54.2 Å². The van der Waals surface area contributed by atoms with Crippen molar-refractivity contribution in [2.45, 2.75) is 40.1 Å². The fraction of sp³-hybridized carbons (Fsp3) is 0.467. The molecular formula is C15H22N2O. The van der Waals surface area contributed by atoms with E-state index in [-0.39, 0.29) is 0 Å². The molecule has 1 N–H and O–H groups in total. The molecule has 0 aliphatic carbocycles. The average Bonchev–Trinajstić information content (AvgIpc) is 2.77. The summed E-state index contributed by atoms with van der Waals surface area (Å²) in [5.74, 6) is 0. The Balaban J connectivity index is 2.29. The van der Waals surface area contributed by atoms with E-state index in [1.165, 1.54) is 16.5 Å². The molecule has 1 aromatic carbocycles. The van der Waals surface area contributed by atoms with Crippen LogP contribution in [0.25, 0.3) is 10.9 Å². The van der Waals surface area contributed by atoms with Gasteiger partial charge >= 0.3 is 0 Å². The molecule has 1 heterocycles. The van der Waals surface area contributed by atoms with Gasteiger partial charge in [-0.2, -0.15) is 0 Å². The number of nitrogens with zero attached hydrogens (tertiary/aromatic N) is 1. The highest BCUT2D eigenvalue weighted by atomic mass is 16.5. The second-order valence-electron chi connectivity index (χ2n) is 4.80. The summed E-state index contributed by atoms with van der Waals surface area (Å²) in [5.41, 5.74) is 2.60. The average molecular weight is 246 g/mol. The topological polar surface area (TPSA) is 26.2 Å². The molecule has 3 heteroatoms. The van der Waals surface area contributed by atoms with Crippen molar-refractivity contribution in [3.63, 3.8) is 0 Å². The molecule has 2 rings (SSSR count). The van der Waals surface area contributed by atoms with E-state index in [0.717, 1.165) is 13.2 Å². The summed E-state index contributed by atoms with van der Waals surface area (Å²) >= 11 is 0. The molecule has 2 aromatic rings. The van der Waals surface area contributed by atoms with E-state index in [9.17, 15) is 0 Å². The van der Waals surface area contributed by atoms with Crippen LogP contribution in [0.4, 0.5) is 0 Å². The van der Waals surface area contributed by atoms with Gasteiger partial charge in [-0.3, -0.25) is 0 Å². The maximum Gasteiger partial charge on any atom is 0.122 e. The number of aromatic nitrogens is 1. The molecule has 0 fully saturated rings. The maximum absolute atomic E-state index is 5.51. The number of benzene rings is 1. The van der Waals surface area contributed by atoms with Crippen molar-refractivity contribution < 1.29 is 4.74 Å². The summed E-state index contributed by atoms with van der Waals surface area (Å²) in [5, 5.41) is 4.75. The highest BCUT2D eigenvalue weighted by Crippen LogP contribution is 2.20. The molecule has 0 aliphatic rings. The first-order valence-electron chi connectivity index (χ1n) is 6.60. The van der Waals surface area contributed by atoms with Gasteiger partial charge in [0.1, 0.15) is 6.73 Å². The van der Waals surface area contributed by atoms with E-state index >= 15 is 0 Å². The fourth-order valence-corrected chi connectivity index (χ4v) is 2.09. The maximum atomic E-state index is 5.51. The molecule has 0 unspecified atom stereocenters. The molecule has 0 atom stereocenters. The van der Waals surface area contributed by atoms with Crippen LogP contribution in [0.5, 0.6) is 0 Å². The van der Waals surface area contributed by atoms with Crippen LogP contribution in [0.3, 0.4) is 0 Å². The number of hydrogen-bond acceptors (Lipinski definition) is 2. The zero-order valence-corrected chi connectivity index (χ0v) is 11.4. The van der Waals surface area contributed by atoms with Gasteiger partial charge in [0.2, 0.25) is 0 Å². The lowest BCUT2D eigenvalue weighted by molar-refractivity contribution is 0.0908. The summed E-state index contributed by atoms with van der Waals surface area (Å²) < 4.78 is 7.69. The molecule has 0 radical (unpaired) electrons. The molecule has 0 saturated heterocycles. The van der Waals surface area contributed by atoms with Gasteiger partial charge < -0.3 is 14.6 Å². The standard InChI is InChI=1S/C15H22N2O/c1-4-18-11-17-9-8-13-6-5-7-14(15(13)17)10-16-12(2)3/h5-9,12,16H,4,10-11H2,1-3H3. The molecule has 3 nitrogen and oxygen atoms in total. The van der Waals surface area contributed by atoms with Gasteiger partial charge in [0, 0.05) is 25.4 Å². The number of para-hydroxylation sites is 1. The number of fused-ring (bicyclic) bond motifs is 1. The second kappa shape index (κ2) is 6.03. The Bertz CT molecular complexity index is 502. The minimum atomic E-state index is 0.496. The molecule has 0 bridgehead atoms. The SMILES string of the molecule is CCOCn1ccc2cccc(CNC(C)C)c21. The van der Waals surface area contributed by atoms with Gasteiger partial charge in [0.05, 0.1) is 5.52 Å². The molecule has 0 spiro atoms. The van der Waals surface area contributed by atoms with Crippen molar-refractivity contribution >= 4 is 10.9 Å². The van der Waals surface area contributed by atoms with Gasteiger partial charge in [0.15, 0.2) is 0 Å². The lowest BCUT2D eigenvalue weighted by Gasteiger charge is -2.12. The smallest absolute Gasteiger partial charge is 0.122 e. The summed E-state index contributed by atoms with van der Waals surface area (Å²) in [7, 11) is 0. The quantitative estimate of drug-likeness (QED) is 0.847. The Hall–Kier alpha value is -1.32. The molecule has 18 heavy (non-hydrogen) atoms. The predicted molar refractivity (Wildman–Crippen MR) is 75.5 cm³/mol. The Kier molecular flexibility index (Phi) is 4.39. The summed E-state index contributed by atoms with van der Waals surface area (Å²) in [6.07, 6.45) is 2.10. The Morgan fingerprint density at radius 1 is 1.28 bits per heavy atom. The third-order valence-corrected chi connectivity index (χ3v) is 3.01. The van der Waals surface area contributed by atoms with E-state index in [1.54, 1.807) is 0 Å². The van der Waals surface area contributed by atoms with Crippen molar-refractivity contribution in [2.75, 3.05) is 6.61 Å². The van der Waals surface area contributed by atoms with Crippen LogP contribution in [0.1, 0.15) is 26.3 Å². The zero-order valence-electron chi connectivity index (χ0n) is 11.4. The fourth-order valence-electron chi connectivity index (χ4n) is 2.09. The lowest BCUT2D eigenvalue weighted by Crippen LogP contribution is -2.22. The Morgan fingerprint density at radius 3 is 2.83 bits per heavy atom. The Morgan fingerprint density at radius 2 is 2.11 bits per heavy atom. The summed E-state index contributed by atoms with van der Waals surface area (Å²) in [4.78, 5) is 0. The minimum Gasteiger partial charge on any atom is -0.361 e. The van der Waals surface area contributed by atoms with E-state index in [4.69, 9.17) is 4.74 Å². The van der Waals surface area contributed by atoms with Crippen LogP contribution in [0.15, 0.2) is 30.5 Å².